The average molecular weight is 208 g/mol. The Balaban J connectivity index is 2.19. The van der Waals surface area contributed by atoms with Crippen LogP contribution in [0.4, 0.5) is 8.78 Å². The van der Waals surface area contributed by atoms with Gasteiger partial charge in [0, 0.05) is 19.1 Å². The van der Waals surface area contributed by atoms with Gasteiger partial charge in [-0.2, -0.15) is 8.78 Å². The molecule has 1 heterocycles. The van der Waals surface area contributed by atoms with E-state index in [1.165, 1.54) is 0 Å². The molecule has 0 aromatic carbocycles. The largest absolute Gasteiger partial charge is 0.477 e. The second-order valence-corrected chi connectivity index (χ2v) is 3.44. The van der Waals surface area contributed by atoms with Crippen LogP contribution in [0.1, 0.15) is 6.92 Å². The Morgan fingerprint density at radius 1 is 1.64 bits per heavy atom. The van der Waals surface area contributed by atoms with Gasteiger partial charge in [-0.1, -0.05) is 6.92 Å². The van der Waals surface area contributed by atoms with Crippen LogP contribution in [0.5, 0.6) is 0 Å². The first kappa shape index (κ1) is 11.3. The van der Waals surface area contributed by atoms with E-state index in [1.54, 1.807) is 0 Å². The maximum absolute atomic E-state index is 12.6. The van der Waals surface area contributed by atoms with Gasteiger partial charge in [-0.15, -0.1) is 0 Å². The highest BCUT2D eigenvalue weighted by molar-refractivity contribution is 5.75. The Bertz CT molecular complexity index is 217. The Morgan fingerprint density at radius 3 is 2.64 bits per heavy atom. The number of likely N-dealkylation sites (N-methyl/N-ethyl adjacent to an activating group) is 1. The van der Waals surface area contributed by atoms with E-state index in [2.05, 4.69) is 10.2 Å². The lowest BCUT2D eigenvalue weighted by Crippen LogP contribution is -2.59. The molecule has 4 nitrogen and oxygen atoms in total. The summed E-state index contributed by atoms with van der Waals surface area (Å²) in [7, 11) is 0. The van der Waals surface area contributed by atoms with Crippen LogP contribution < -0.4 is 5.32 Å². The number of halogens is 2. The zero-order valence-corrected chi connectivity index (χ0v) is 7.96. The standard InChI is InChI=1S/C8H14F2N2O2/c1-2-12-3-6(4-12)11-5-8(9,10)7(13)14/h6,11H,2-5H2,1H3,(H,13,14). The fourth-order valence-corrected chi connectivity index (χ4v) is 1.31. The molecular weight excluding hydrogens is 194 g/mol. The summed E-state index contributed by atoms with van der Waals surface area (Å²) in [6, 6.07) is 0.000162. The first-order chi connectivity index (χ1) is 6.45. The molecular formula is C8H14F2N2O2. The number of hydrogen-bond donors (Lipinski definition) is 2. The predicted molar refractivity (Wildman–Crippen MR) is 46.5 cm³/mol. The van der Waals surface area contributed by atoms with Crippen molar-refractivity contribution >= 4 is 5.97 Å². The third-order valence-electron chi connectivity index (χ3n) is 2.33. The fourth-order valence-electron chi connectivity index (χ4n) is 1.31. The summed E-state index contributed by atoms with van der Waals surface area (Å²) in [5.74, 6) is -5.73. The zero-order valence-electron chi connectivity index (χ0n) is 7.96. The molecule has 82 valence electrons. The molecule has 0 bridgehead atoms. The van der Waals surface area contributed by atoms with Crippen LogP contribution in [-0.4, -0.2) is 54.1 Å². The highest BCUT2D eigenvalue weighted by atomic mass is 19.3. The van der Waals surface area contributed by atoms with Crippen molar-refractivity contribution in [1.29, 1.82) is 0 Å². The maximum Gasteiger partial charge on any atom is 0.375 e. The van der Waals surface area contributed by atoms with Crippen LogP contribution in [0.15, 0.2) is 0 Å². The number of carboxylic acids is 1. The van der Waals surface area contributed by atoms with E-state index in [-0.39, 0.29) is 6.04 Å². The number of alkyl halides is 2. The van der Waals surface area contributed by atoms with E-state index in [1.807, 2.05) is 6.92 Å². The molecule has 0 saturated carbocycles. The van der Waals surface area contributed by atoms with E-state index in [4.69, 9.17) is 5.11 Å². The zero-order chi connectivity index (χ0) is 10.8. The molecule has 1 fully saturated rings. The van der Waals surface area contributed by atoms with E-state index >= 15 is 0 Å². The Hall–Kier alpha value is -0.750. The Kier molecular flexibility index (Phi) is 3.38. The lowest BCUT2D eigenvalue weighted by molar-refractivity contribution is -0.164. The van der Waals surface area contributed by atoms with Gasteiger partial charge >= 0.3 is 11.9 Å². The number of aliphatic carboxylic acids is 1. The number of carboxylic acid groups (broad SMARTS) is 1. The first-order valence-electron chi connectivity index (χ1n) is 4.52. The van der Waals surface area contributed by atoms with Crippen molar-refractivity contribution in [3.05, 3.63) is 0 Å². The average Bonchev–Trinajstić information content (AvgIpc) is 2.01. The third kappa shape index (κ3) is 2.62. The summed E-state index contributed by atoms with van der Waals surface area (Å²) in [5.41, 5.74) is 0. The highest BCUT2D eigenvalue weighted by Crippen LogP contribution is 2.14. The molecule has 0 amide bonds. The lowest BCUT2D eigenvalue weighted by atomic mass is 10.1. The summed E-state index contributed by atoms with van der Waals surface area (Å²) in [4.78, 5) is 12.1. The van der Waals surface area contributed by atoms with Crippen LogP contribution in [0.2, 0.25) is 0 Å². The molecule has 1 aliphatic rings. The van der Waals surface area contributed by atoms with E-state index in [0.29, 0.717) is 13.1 Å². The quantitative estimate of drug-likeness (QED) is 0.667. The second kappa shape index (κ2) is 4.18. The molecule has 0 aromatic rings. The molecule has 2 N–H and O–H groups in total. The molecule has 14 heavy (non-hydrogen) atoms. The molecule has 0 unspecified atom stereocenters. The summed E-state index contributed by atoms with van der Waals surface area (Å²) in [6.45, 7) is 3.53. The molecule has 1 aliphatic heterocycles. The summed E-state index contributed by atoms with van der Waals surface area (Å²) in [6.07, 6.45) is 0. The van der Waals surface area contributed by atoms with Gasteiger partial charge in [-0.3, -0.25) is 0 Å². The van der Waals surface area contributed by atoms with Crippen molar-refractivity contribution in [1.82, 2.24) is 10.2 Å². The van der Waals surface area contributed by atoms with Gasteiger partial charge < -0.3 is 15.3 Å². The van der Waals surface area contributed by atoms with E-state index < -0.39 is 18.4 Å². The van der Waals surface area contributed by atoms with Gasteiger partial charge in [-0.25, -0.2) is 4.79 Å². The van der Waals surface area contributed by atoms with Crippen molar-refractivity contribution in [2.24, 2.45) is 0 Å². The predicted octanol–water partition coefficient (Wildman–Crippen LogP) is -0.000000000000000500. The van der Waals surface area contributed by atoms with Gasteiger partial charge in [0.2, 0.25) is 0 Å². The van der Waals surface area contributed by atoms with Crippen LogP contribution in [0.25, 0.3) is 0 Å². The van der Waals surface area contributed by atoms with Crippen LogP contribution in [-0.2, 0) is 4.79 Å². The molecule has 1 rings (SSSR count). The number of likely N-dealkylation sites (tertiary alicyclic amines) is 1. The topological polar surface area (TPSA) is 52.6 Å². The minimum atomic E-state index is -3.66. The molecule has 0 aliphatic carbocycles. The van der Waals surface area contributed by atoms with Gasteiger partial charge in [0.1, 0.15) is 0 Å². The van der Waals surface area contributed by atoms with E-state index in [9.17, 15) is 13.6 Å². The molecule has 0 aromatic heterocycles. The lowest BCUT2D eigenvalue weighted by Gasteiger charge is -2.39. The van der Waals surface area contributed by atoms with E-state index in [0.717, 1.165) is 6.54 Å². The third-order valence-corrected chi connectivity index (χ3v) is 2.33. The van der Waals surface area contributed by atoms with Crippen molar-refractivity contribution in [3.8, 4) is 0 Å². The van der Waals surface area contributed by atoms with Crippen molar-refractivity contribution in [2.75, 3.05) is 26.2 Å². The number of hydrogen-bond acceptors (Lipinski definition) is 3. The fraction of sp³-hybridized carbons (Fsp3) is 0.875. The number of nitrogens with one attached hydrogen (secondary N) is 1. The molecule has 1 saturated heterocycles. The highest BCUT2D eigenvalue weighted by Gasteiger charge is 2.40. The van der Waals surface area contributed by atoms with Gasteiger partial charge in [0.25, 0.3) is 0 Å². The first-order valence-corrected chi connectivity index (χ1v) is 4.52. The second-order valence-electron chi connectivity index (χ2n) is 3.44. The van der Waals surface area contributed by atoms with Crippen molar-refractivity contribution in [3.63, 3.8) is 0 Å². The number of rotatable bonds is 5. The normalized spacial score (nSPS) is 19.4. The Labute approximate surface area is 80.9 Å². The summed E-state index contributed by atoms with van der Waals surface area (Å²) in [5, 5.41) is 10.7. The van der Waals surface area contributed by atoms with Crippen molar-refractivity contribution in [2.45, 2.75) is 18.9 Å². The van der Waals surface area contributed by atoms with Crippen LogP contribution in [0, 0.1) is 0 Å². The summed E-state index contributed by atoms with van der Waals surface area (Å²) < 4.78 is 25.1. The minimum absolute atomic E-state index is 0.000162. The molecule has 0 spiro atoms. The smallest absolute Gasteiger partial charge is 0.375 e. The maximum atomic E-state index is 12.6. The molecule has 0 atom stereocenters. The Morgan fingerprint density at radius 2 is 2.21 bits per heavy atom. The number of nitrogens with zero attached hydrogens (tertiary/aromatic N) is 1. The van der Waals surface area contributed by atoms with Gasteiger partial charge in [-0.05, 0) is 6.54 Å². The van der Waals surface area contributed by atoms with Crippen LogP contribution in [0.3, 0.4) is 0 Å². The molecule has 6 heteroatoms. The monoisotopic (exact) mass is 208 g/mol. The van der Waals surface area contributed by atoms with Gasteiger partial charge in [0.05, 0.1) is 6.54 Å². The minimum Gasteiger partial charge on any atom is -0.477 e. The van der Waals surface area contributed by atoms with Crippen LogP contribution >= 0.6 is 0 Å². The number of carbonyl (C=O) groups is 1. The van der Waals surface area contributed by atoms with Gasteiger partial charge in [0.15, 0.2) is 0 Å². The molecule has 0 radical (unpaired) electrons. The SMILES string of the molecule is CCN1CC(NCC(F)(F)C(=O)O)C1. The summed E-state index contributed by atoms with van der Waals surface area (Å²) >= 11 is 0. The van der Waals surface area contributed by atoms with Crippen molar-refractivity contribution < 1.29 is 18.7 Å².